The van der Waals surface area contributed by atoms with Crippen molar-refractivity contribution in [2.24, 2.45) is 0 Å². The van der Waals surface area contributed by atoms with E-state index >= 15 is 0 Å². The fourth-order valence-electron chi connectivity index (χ4n) is 2.15. The summed E-state index contributed by atoms with van der Waals surface area (Å²) in [6.07, 6.45) is 2.60. The van der Waals surface area contributed by atoms with E-state index in [1.807, 2.05) is 0 Å². The Balaban J connectivity index is 2.34. The van der Waals surface area contributed by atoms with E-state index in [0.29, 0.717) is 5.22 Å². The monoisotopic (exact) mass is 280 g/mol. The SMILES string of the molecule is O=S(O)OC1(O)C([O-])=c2ccccc2=C2OC=C[C-]21. The number of rotatable bonds is 2. The predicted octanol–water partition coefficient (Wildman–Crippen LogP) is -1.76. The van der Waals surface area contributed by atoms with Gasteiger partial charge in [-0.25, -0.2) is 4.18 Å². The zero-order valence-corrected chi connectivity index (χ0v) is 10.2. The van der Waals surface area contributed by atoms with E-state index in [4.69, 9.17) is 9.29 Å². The average molecular weight is 280 g/mol. The molecule has 1 aliphatic carbocycles. The average Bonchev–Trinajstić information content (AvgIpc) is 2.86. The minimum absolute atomic E-state index is 0.0126. The minimum Gasteiger partial charge on any atom is -0.873 e. The number of aliphatic hydroxyl groups is 1. The number of hydrogen-bond acceptors (Lipinski definition) is 5. The third kappa shape index (κ3) is 1.67. The molecule has 3 rings (SSSR count). The van der Waals surface area contributed by atoms with Crippen LogP contribution in [-0.4, -0.2) is 19.7 Å². The predicted molar refractivity (Wildman–Crippen MR) is 62.8 cm³/mol. The summed E-state index contributed by atoms with van der Waals surface area (Å²) in [5, 5.41) is 23.3. The van der Waals surface area contributed by atoms with E-state index in [2.05, 4.69) is 4.18 Å². The fraction of sp³-hybridized carbons (Fsp3) is 0.0833. The molecule has 6 nitrogen and oxygen atoms in total. The van der Waals surface area contributed by atoms with Gasteiger partial charge in [-0.2, -0.15) is 4.21 Å². The Labute approximate surface area is 110 Å². The Kier molecular flexibility index (Phi) is 2.64. The molecule has 0 radical (unpaired) electrons. The molecular formula is C12H8O6S-2. The van der Waals surface area contributed by atoms with Gasteiger partial charge in [-0.05, 0) is 12.2 Å². The third-order valence-corrected chi connectivity index (χ3v) is 3.33. The molecule has 0 saturated heterocycles. The van der Waals surface area contributed by atoms with Gasteiger partial charge < -0.3 is 14.9 Å². The summed E-state index contributed by atoms with van der Waals surface area (Å²) in [4.78, 5) is 0. The lowest BCUT2D eigenvalue weighted by Gasteiger charge is -2.43. The van der Waals surface area contributed by atoms with Gasteiger partial charge in [0.25, 0.3) is 0 Å². The first kappa shape index (κ1) is 12.2. The van der Waals surface area contributed by atoms with Gasteiger partial charge in [0.1, 0.15) is 0 Å². The second-order valence-electron chi connectivity index (χ2n) is 3.98. The Bertz CT molecular complexity index is 709. The maximum atomic E-state index is 12.3. The molecule has 0 fully saturated rings. The molecule has 1 aromatic rings. The van der Waals surface area contributed by atoms with Crippen molar-refractivity contribution in [1.82, 2.24) is 0 Å². The van der Waals surface area contributed by atoms with Crippen LogP contribution in [-0.2, 0) is 20.3 Å². The van der Waals surface area contributed by atoms with Crippen LogP contribution in [0, 0.1) is 5.92 Å². The maximum absolute atomic E-state index is 12.3. The van der Waals surface area contributed by atoms with Crippen LogP contribution in [0.25, 0.3) is 11.5 Å². The fourth-order valence-corrected chi connectivity index (χ4v) is 2.53. The third-order valence-electron chi connectivity index (χ3n) is 2.95. The highest BCUT2D eigenvalue weighted by molar-refractivity contribution is 7.74. The van der Waals surface area contributed by atoms with Gasteiger partial charge in [-0.15, -0.1) is 12.1 Å². The molecule has 2 unspecified atom stereocenters. The van der Waals surface area contributed by atoms with E-state index in [0.717, 1.165) is 0 Å². The van der Waals surface area contributed by atoms with Crippen LogP contribution in [0.5, 0.6) is 0 Å². The van der Waals surface area contributed by atoms with Crippen molar-refractivity contribution in [3.63, 3.8) is 0 Å². The molecule has 2 aliphatic rings. The summed E-state index contributed by atoms with van der Waals surface area (Å²) in [5.74, 6) is -3.07. The molecule has 2 N–H and O–H groups in total. The number of benzene rings is 1. The zero-order valence-electron chi connectivity index (χ0n) is 9.40. The molecule has 0 aromatic heterocycles. The summed E-state index contributed by atoms with van der Waals surface area (Å²) < 4.78 is 29.4. The molecular weight excluding hydrogens is 272 g/mol. The lowest BCUT2D eigenvalue weighted by atomic mass is 9.89. The molecule has 0 saturated carbocycles. The van der Waals surface area contributed by atoms with Gasteiger partial charge in [0.2, 0.25) is 0 Å². The standard InChI is InChI=1S/C12H9O6S/c13-11-8-4-2-1-3-7(8)10-9(5-6-17-10)12(11,14)18-19(15)16/h1-6,13-14H,(H,15,16)/q-1/p-1. The highest BCUT2D eigenvalue weighted by Crippen LogP contribution is 2.39. The van der Waals surface area contributed by atoms with Crippen LogP contribution < -0.4 is 15.5 Å². The first-order valence-corrected chi connectivity index (χ1v) is 6.32. The Morgan fingerprint density at radius 1 is 1.37 bits per heavy atom. The lowest BCUT2D eigenvalue weighted by Crippen LogP contribution is -2.54. The molecule has 0 amide bonds. The van der Waals surface area contributed by atoms with Crippen molar-refractivity contribution in [3.8, 4) is 0 Å². The van der Waals surface area contributed by atoms with Crippen molar-refractivity contribution in [2.45, 2.75) is 5.79 Å². The molecule has 0 spiro atoms. The first-order valence-electron chi connectivity index (χ1n) is 5.29. The van der Waals surface area contributed by atoms with Gasteiger partial charge in [-0.3, -0.25) is 4.55 Å². The van der Waals surface area contributed by atoms with Crippen LogP contribution in [0.15, 0.2) is 36.6 Å². The van der Waals surface area contributed by atoms with E-state index in [1.165, 1.54) is 18.4 Å². The molecule has 19 heavy (non-hydrogen) atoms. The van der Waals surface area contributed by atoms with Crippen molar-refractivity contribution in [1.29, 1.82) is 0 Å². The number of fused-ring (bicyclic) bond motifs is 2. The van der Waals surface area contributed by atoms with Gasteiger partial charge in [-0.1, -0.05) is 34.4 Å². The molecule has 0 bridgehead atoms. The van der Waals surface area contributed by atoms with Gasteiger partial charge in [0.15, 0.2) is 5.79 Å². The molecule has 100 valence electrons. The largest absolute Gasteiger partial charge is 0.873 e. The summed E-state index contributed by atoms with van der Waals surface area (Å²) in [7, 11) is 0. The van der Waals surface area contributed by atoms with Gasteiger partial charge >= 0.3 is 11.4 Å². The quantitative estimate of drug-likeness (QED) is 0.378. The van der Waals surface area contributed by atoms with Crippen LogP contribution >= 0.6 is 0 Å². The van der Waals surface area contributed by atoms with Crippen molar-refractivity contribution < 1.29 is 27.9 Å². The summed E-state index contributed by atoms with van der Waals surface area (Å²) in [6.45, 7) is 0. The second-order valence-corrected chi connectivity index (χ2v) is 4.58. The maximum Gasteiger partial charge on any atom is 0.304 e. The Hall–Kier alpha value is -1.80. The number of hydrogen-bond donors (Lipinski definition) is 2. The number of ether oxygens (including phenoxy) is 1. The summed E-state index contributed by atoms with van der Waals surface area (Å²) in [5.41, 5.74) is 0. The zero-order chi connectivity index (χ0) is 13.6. The summed E-state index contributed by atoms with van der Waals surface area (Å²) in [6, 6.07) is 6.47. The highest BCUT2D eigenvalue weighted by Gasteiger charge is 2.39. The van der Waals surface area contributed by atoms with E-state index in [1.54, 1.807) is 18.2 Å². The van der Waals surface area contributed by atoms with E-state index < -0.39 is 22.9 Å². The lowest BCUT2D eigenvalue weighted by molar-refractivity contribution is -0.294. The minimum atomic E-state index is -2.80. The Morgan fingerprint density at radius 2 is 2.05 bits per heavy atom. The topological polar surface area (TPSA) is 99.1 Å². The molecule has 2 atom stereocenters. The van der Waals surface area contributed by atoms with Crippen LogP contribution in [0.4, 0.5) is 0 Å². The highest BCUT2D eigenvalue weighted by atomic mass is 32.2. The van der Waals surface area contributed by atoms with E-state index in [-0.39, 0.29) is 16.9 Å². The molecule has 1 aromatic carbocycles. The van der Waals surface area contributed by atoms with Crippen LogP contribution in [0.1, 0.15) is 0 Å². The first-order chi connectivity index (χ1) is 9.04. The normalized spacial score (nSPS) is 25.9. The summed E-state index contributed by atoms with van der Waals surface area (Å²) >= 11 is -2.80. The molecule has 7 heteroatoms. The van der Waals surface area contributed by atoms with Gasteiger partial charge in [0.05, 0.1) is 0 Å². The van der Waals surface area contributed by atoms with Crippen LogP contribution in [0.3, 0.4) is 0 Å². The molecule has 1 heterocycles. The van der Waals surface area contributed by atoms with Crippen LogP contribution in [0.2, 0.25) is 0 Å². The van der Waals surface area contributed by atoms with Gasteiger partial charge in [0, 0.05) is 5.76 Å². The van der Waals surface area contributed by atoms with Crippen molar-refractivity contribution >= 4 is 22.9 Å². The Morgan fingerprint density at radius 3 is 2.74 bits per heavy atom. The smallest absolute Gasteiger partial charge is 0.304 e. The molecule has 1 aliphatic heterocycles. The second kappa shape index (κ2) is 4.10. The van der Waals surface area contributed by atoms with Crippen molar-refractivity contribution in [2.75, 3.05) is 0 Å². The van der Waals surface area contributed by atoms with Crippen molar-refractivity contribution in [3.05, 3.63) is 53.0 Å². The van der Waals surface area contributed by atoms with E-state index in [9.17, 15) is 14.4 Å².